The van der Waals surface area contributed by atoms with E-state index in [2.05, 4.69) is 15.5 Å². The minimum Gasteiger partial charge on any atom is -0.321 e. The Balaban J connectivity index is 2.83. The molecule has 1 aliphatic heterocycles. The van der Waals surface area contributed by atoms with Gasteiger partial charge in [0.15, 0.2) is 0 Å². The molecule has 1 atom stereocenters. The fourth-order valence-corrected chi connectivity index (χ4v) is 3.26. The van der Waals surface area contributed by atoms with Crippen molar-refractivity contribution in [2.24, 2.45) is 10.2 Å². The van der Waals surface area contributed by atoms with E-state index >= 15 is 0 Å². The first-order valence-corrected chi connectivity index (χ1v) is 7.21. The average Bonchev–Trinajstić information content (AvgIpc) is 2.60. The number of hydrogen-bond donors (Lipinski definition) is 1. The molecule has 0 saturated carbocycles. The fraction of sp³-hybridized carbons (Fsp3) is 0.429. The average molecular weight is 278 g/mol. The minimum absolute atomic E-state index is 0.0291. The van der Waals surface area contributed by atoms with Gasteiger partial charge in [-0.25, -0.2) is 4.79 Å². The molecule has 1 heterocycles. The Morgan fingerprint density at radius 3 is 2.71 bits per heavy atom. The van der Waals surface area contributed by atoms with E-state index in [0.29, 0.717) is 11.3 Å². The molecule has 0 aromatic carbocycles. The molecule has 1 N–H and O–H groups in total. The molecule has 0 aromatic heterocycles. The van der Waals surface area contributed by atoms with Crippen LogP contribution < -0.4 is 5.32 Å². The molecule has 0 radical (unpaired) electrons. The van der Waals surface area contributed by atoms with E-state index in [0.717, 1.165) is 4.90 Å². The zero-order valence-corrected chi connectivity index (χ0v) is 10.7. The van der Waals surface area contributed by atoms with Gasteiger partial charge in [0.2, 0.25) is 5.17 Å². The highest BCUT2D eigenvalue weighted by Crippen LogP contribution is 2.03. The van der Waals surface area contributed by atoms with Gasteiger partial charge in [-0.2, -0.15) is 8.42 Å². The number of hydrogen-bond acceptors (Lipinski definition) is 6. The number of rotatable bonds is 2. The lowest BCUT2D eigenvalue weighted by molar-refractivity contribution is -0.108. The van der Waals surface area contributed by atoms with Crippen molar-refractivity contribution in [1.82, 2.24) is 10.2 Å². The van der Waals surface area contributed by atoms with Gasteiger partial charge in [-0.05, 0) is 6.92 Å². The number of urea groups is 1. The molecule has 0 spiro atoms. The number of nitrogens with one attached hydrogen (secondary N) is 1. The molecular weight excluding hydrogens is 268 g/mol. The predicted octanol–water partition coefficient (Wildman–Crippen LogP) is -1.06. The molecule has 0 saturated heterocycles. The maximum Gasteiger partial charge on any atom is 0.323 e. The molecule has 1 aliphatic rings. The van der Waals surface area contributed by atoms with Crippen molar-refractivity contribution >= 4 is 41.2 Å². The van der Waals surface area contributed by atoms with Crippen molar-refractivity contribution in [3.8, 4) is 0 Å². The standard InChI is InChI=1S/C7H10N4O4S2/c1-5-9-10-6(16(5)17(14)15)8-7(13)11(2)3-4-12/h4H,3H2,1-2H3,(H,8,10,13). The van der Waals surface area contributed by atoms with Gasteiger partial charge in [-0.1, -0.05) is 0 Å². The number of carbonyl (C=O) groups excluding carboxylic acids is 2. The van der Waals surface area contributed by atoms with Gasteiger partial charge in [0.05, 0.1) is 6.54 Å². The van der Waals surface area contributed by atoms with Crippen molar-refractivity contribution < 1.29 is 18.0 Å². The third kappa shape index (κ3) is 3.20. The number of aldehydes is 1. The summed E-state index contributed by atoms with van der Waals surface area (Å²) in [6.07, 6.45) is 0.559. The minimum atomic E-state index is -2.42. The lowest BCUT2D eigenvalue weighted by Crippen LogP contribution is -2.42. The van der Waals surface area contributed by atoms with Crippen molar-refractivity contribution in [3.05, 3.63) is 0 Å². The number of carbonyl (C=O) groups is 2. The molecule has 8 nitrogen and oxygen atoms in total. The van der Waals surface area contributed by atoms with E-state index in [4.69, 9.17) is 0 Å². The predicted molar refractivity (Wildman–Crippen MR) is 64.1 cm³/mol. The van der Waals surface area contributed by atoms with Crippen molar-refractivity contribution in [3.63, 3.8) is 0 Å². The molecular formula is C7H10N4O4S2. The van der Waals surface area contributed by atoms with Crippen LogP contribution in [0.5, 0.6) is 0 Å². The van der Waals surface area contributed by atoms with Crippen LogP contribution in [0.3, 0.4) is 0 Å². The highest BCUT2D eigenvalue weighted by atomic mass is 32.9. The smallest absolute Gasteiger partial charge is 0.321 e. The van der Waals surface area contributed by atoms with E-state index in [1.54, 1.807) is 0 Å². The molecule has 10 heteroatoms. The van der Waals surface area contributed by atoms with Crippen LogP contribution >= 0.6 is 0 Å². The lowest BCUT2D eigenvalue weighted by Gasteiger charge is -2.14. The summed E-state index contributed by atoms with van der Waals surface area (Å²) in [6.45, 7) is 1.42. The van der Waals surface area contributed by atoms with Crippen LogP contribution in [0.4, 0.5) is 4.79 Å². The monoisotopic (exact) mass is 278 g/mol. The summed E-state index contributed by atoms with van der Waals surface area (Å²) >= 11 is 0. The Hall–Kier alpha value is -1.55. The van der Waals surface area contributed by atoms with E-state index in [9.17, 15) is 18.0 Å². The Kier molecular flexibility index (Phi) is 4.52. The Bertz CT molecular complexity index is 540. The summed E-state index contributed by atoms with van der Waals surface area (Å²) in [4.78, 5) is 22.8. The molecule has 94 valence electrons. The molecule has 17 heavy (non-hydrogen) atoms. The topological polar surface area (TPSA) is 108 Å². The molecule has 1 unspecified atom stereocenters. The van der Waals surface area contributed by atoms with Gasteiger partial charge in [-0.15, -0.1) is 10.2 Å². The molecule has 2 amide bonds. The quantitative estimate of drug-likeness (QED) is 0.649. The van der Waals surface area contributed by atoms with Crippen LogP contribution in [0.25, 0.3) is 0 Å². The second-order valence-corrected chi connectivity index (χ2v) is 6.71. The van der Waals surface area contributed by atoms with E-state index in [1.165, 1.54) is 14.0 Å². The summed E-state index contributed by atoms with van der Waals surface area (Å²) in [6, 6.07) is -0.608. The summed E-state index contributed by atoms with van der Waals surface area (Å²) < 4.78 is 21.9. The van der Waals surface area contributed by atoms with E-state index in [-0.39, 0.29) is 11.7 Å². The third-order valence-electron chi connectivity index (χ3n) is 1.77. The van der Waals surface area contributed by atoms with Crippen molar-refractivity contribution in [2.75, 3.05) is 13.6 Å². The maximum atomic E-state index is 11.5. The van der Waals surface area contributed by atoms with Gasteiger partial charge in [0.1, 0.15) is 11.3 Å². The summed E-state index contributed by atoms with van der Waals surface area (Å²) in [5.41, 5.74) is 0. The van der Waals surface area contributed by atoms with Gasteiger partial charge in [0, 0.05) is 16.5 Å². The number of likely N-dealkylation sites (N-methyl/N-ethyl adjacent to an activating group) is 1. The first-order valence-electron chi connectivity index (χ1n) is 4.39. The highest BCUT2D eigenvalue weighted by molar-refractivity contribution is 8.49. The Morgan fingerprint density at radius 2 is 2.18 bits per heavy atom. The molecule has 0 bridgehead atoms. The normalized spacial score (nSPS) is 18.1. The second-order valence-electron chi connectivity index (χ2n) is 2.97. The van der Waals surface area contributed by atoms with E-state index in [1.807, 2.05) is 0 Å². The molecule has 0 fully saturated rings. The third-order valence-corrected chi connectivity index (χ3v) is 5.21. The SMILES string of the molecule is CC1=NN=C(NC(=O)N(C)CC=O)S1=S(=O)=O. The largest absolute Gasteiger partial charge is 0.323 e. The van der Waals surface area contributed by atoms with Gasteiger partial charge in [0.25, 0.3) is 9.26 Å². The first-order chi connectivity index (χ1) is 7.97. The van der Waals surface area contributed by atoms with Crippen LogP contribution in [0.1, 0.15) is 6.92 Å². The Morgan fingerprint density at radius 1 is 1.53 bits per heavy atom. The van der Waals surface area contributed by atoms with Crippen LogP contribution in [-0.2, 0) is 23.5 Å². The molecule has 0 aromatic rings. The van der Waals surface area contributed by atoms with Gasteiger partial charge in [-0.3, -0.25) is 5.32 Å². The van der Waals surface area contributed by atoms with Crippen LogP contribution in [0, 0.1) is 0 Å². The molecule has 0 aliphatic carbocycles. The molecule has 1 rings (SSSR count). The number of amides is 2. The summed E-state index contributed by atoms with van der Waals surface area (Å²) in [5, 5.41) is 9.77. The number of nitrogens with zero attached hydrogens (tertiary/aromatic N) is 3. The fourth-order valence-electron chi connectivity index (χ4n) is 0.946. The van der Waals surface area contributed by atoms with Crippen LogP contribution in [0.2, 0.25) is 0 Å². The lowest BCUT2D eigenvalue weighted by atomic mass is 10.6. The zero-order chi connectivity index (χ0) is 13.0. The van der Waals surface area contributed by atoms with E-state index < -0.39 is 24.7 Å². The maximum absolute atomic E-state index is 11.5. The summed E-state index contributed by atoms with van der Waals surface area (Å²) in [5.74, 6) is 0. The second kappa shape index (κ2) is 5.68. The van der Waals surface area contributed by atoms with Crippen LogP contribution in [-0.4, -0.2) is 49.4 Å². The van der Waals surface area contributed by atoms with Crippen LogP contribution in [0.15, 0.2) is 10.2 Å². The Labute approximate surface area is 101 Å². The van der Waals surface area contributed by atoms with Crippen molar-refractivity contribution in [1.29, 1.82) is 0 Å². The van der Waals surface area contributed by atoms with Gasteiger partial charge < -0.3 is 9.69 Å². The van der Waals surface area contributed by atoms with Crippen molar-refractivity contribution in [2.45, 2.75) is 6.92 Å². The zero-order valence-electron chi connectivity index (χ0n) is 9.08. The highest BCUT2D eigenvalue weighted by Gasteiger charge is 2.21. The first kappa shape index (κ1) is 13.5. The van der Waals surface area contributed by atoms with Gasteiger partial charge >= 0.3 is 6.03 Å². The summed E-state index contributed by atoms with van der Waals surface area (Å²) in [7, 11) is -2.35. The number of amidine groups is 1.